The molecule has 1 fully saturated rings. The molecule has 1 saturated heterocycles. The second-order valence-electron chi connectivity index (χ2n) is 9.30. The average Bonchev–Trinajstić information content (AvgIpc) is 2.89. The first-order chi connectivity index (χ1) is 12.9. The molecule has 2 aromatic rings. The summed E-state index contributed by atoms with van der Waals surface area (Å²) >= 11 is 0. The Morgan fingerprint density at radius 1 is 1.29 bits per heavy atom. The first-order valence-electron chi connectivity index (χ1n) is 9.81. The molecule has 0 radical (unpaired) electrons. The van der Waals surface area contributed by atoms with E-state index in [0.29, 0.717) is 50.2 Å². The summed E-state index contributed by atoms with van der Waals surface area (Å²) in [6.07, 6.45) is 3.22. The summed E-state index contributed by atoms with van der Waals surface area (Å²) in [4.78, 5) is 9.36. The van der Waals surface area contributed by atoms with Crippen molar-refractivity contribution in [2.24, 2.45) is 5.41 Å². The maximum Gasteiger partial charge on any atom is 0.182 e. The van der Waals surface area contributed by atoms with Crippen LogP contribution in [0.25, 0.3) is 11.2 Å². The smallest absolute Gasteiger partial charge is 0.182 e. The summed E-state index contributed by atoms with van der Waals surface area (Å²) in [6, 6.07) is 1.61. The van der Waals surface area contributed by atoms with Gasteiger partial charge in [0.05, 0.1) is 22.3 Å². The zero-order valence-electron chi connectivity index (χ0n) is 17.4. The molecule has 0 aliphatic carbocycles. The second kappa shape index (κ2) is 7.39. The lowest BCUT2D eigenvalue weighted by Crippen LogP contribution is -2.40. The number of aliphatic hydroxyl groups is 1. The van der Waals surface area contributed by atoms with Crippen LogP contribution in [-0.4, -0.2) is 52.1 Å². The lowest BCUT2D eigenvalue weighted by molar-refractivity contribution is -0.0727. The maximum atomic E-state index is 12.5. The van der Waals surface area contributed by atoms with Crippen molar-refractivity contribution in [3.05, 3.63) is 18.1 Å². The van der Waals surface area contributed by atoms with Crippen LogP contribution in [0.3, 0.4) is 0 Å². The Hall–Kier alpha value is -1.51. The minimum absolute atomic E-state index is 0.00966. The van der Waals surface area contributed by atoms with Gasteiger partial charge < -0.3 is 14.4 Å². The Kier molecular flexibility index (Phi) is 5.59. The van der Waals surface area contributed by atoms with Crippen molar-refractivity contribution in [1.82, 2.24) is 14.5 Å². The normalized spacial score (nSPS) is 18.1. The number of nitrogens with zero attached hydrogens (tertiary/aromatic N) is 3. The van der Waals surface area contributed by atoms with Gasteiger partial charge in [-0.2, -0.15) is 0 Å². The fourth-order valence-corrected chi connectivity index (χ4v) is 4.47. The highest BCUT2D eigenvalue weighted by molar-refractivity contribution is 7.92. The number of rotatable bonds is 5. The Labute approximate surface area is 167 Å². The quantitative estimate of drug-likeness (QED) is 0.816. The topological polar surface area (TPSA) is 94.3 Å². The lowest BCUT2D eigenvalue weighted by Gasteiger charge is -2.33. The van der Waals surface area contributed by atoms with Crippen LogP contribution in [0.15, 0.2) is 17.2 Å². The molecule has 0 unspecified atom stereocenters. The molecule has 3 rings (SSSR count). The van der Waals surface area contributed by atoms with Crippen LogP contribution in [0, 0.1) is 5.41 Å². The van der Waals surface area contributed by atoms with Crippen LogP contribution in [-0.2, 0) is 27.5 Å². The van der Waals surface area contributed by atoms with Gasteiger partial charge in [-0.25, -0.2) is 18.4 Å². The number of fused-ring (bicyclic) bond motifs is 1. The fraction of sp³-hybridized carbons (Fsp3) is 0.700. The number of hydrogen-bond acceptors (Lipinski definition) is 6. The zero-order chi connectivity index (χ0) is 20.7. The van der Waals surface area contributed by atoms with Crippen LogP contribution in [0.5, 0.6) is 0 Å². The minimum atomic E-state index is -3.42. The van der Waals surface area contributed by atoms with Crippen molar-refractivity contribution in [2.45, 2.75) is 76.2 Å². The van der Waals surface area contributed by atoms with Crippen molar-refractivity contribution in [1.29, 1.82) is 0 Å². The summed E-state index contributed by atoms with van der Waals surface area (Å²) in [5, 5.41) is 10.5. The molecule has 0 saturated carbocycles. The SMILES string of the molecule is CC(C)S(=O)(=O)c1cnc2c(c1)nc(CC(C)(C)C)n2CC1(O)CCOCC1. The number of aromatic nitrogens is 3. The number of sulfone groups is 1. The van der Waals surface area contributed by atoms with E-state index >= 15 is 0 Å². The molecule has 1 aliphatic rings. The van der Waals surface area contributed by atoms with Crippen molar-refractivity contribution >= 4 is 21.0 Å². The largest absolute Gasteiger partial charge is 0.388 e. The molecule has 1 aliphatic heterocycles. The molecule has 0 atom stereocenters. The van der Waals surface area contributed by atoms with Crippen LogP contribution in [0.2, 0.25) is 0 Å². The van der Waals surface area contributed by atoms with E-state index in [2.05, 4.69) is 25.8 Å². The molecular weight excluding hydrogens is 378 g/mol. The summed E-state index contributed by atoms with van der Waals surface area (Å²) in [5.74, 6) is 0.814. The van der Waals surface area contributed by atoms with E-state index in [1.54, 1.807) is 19.9 Å². The predicted molar refractivity (Wildman–Crippen MR) is 108 cm³/mol. The second-order valence-corrected chi connectivity index (χ2v) is 11.8. The van der Waals surface area contributed by atoms with Gasteiger partial charge in [0.1, 0.15) is 11.3 Å². The van der Waals surface area contributed by atoms with E-state index in [0.717, 1.165) is 5.82 Å². The first-order valence-corrected chi connectivity index (χ1v) is 11.4. The van der Waals surface area contributed by atoms with Gasteiger partial charge in [0.25, 0.3) is 0 Å². The van der Waals surface area contributed by atoms with Crippen molar-refractivity contribution in [2.75, 3.05) is 13.2 Å². The molecule has 0 amide bonds. The van der Waals surface area contributed by atoms with E-state index < -0.39 is 20.7 Å². The van der Waals surface area contributed by atoms with E-state index in [-0.39, 0.29) is 10.3 Å². The van der Waals surface area contributed by atoms with Crippen molar-refractivity contribution < 1.29 is 18.3 Å². The highest BCUT2D eigenvalue weighted by Crippen LogP contribution is 2.29. The summed E-state index contributed by atoms with van der Waals surface area (Å²) < 4.78 is 32.4. The fourth-order valence-electron chi connectivity index (χ4n) is 3.45. The highest BCUT2D eigenvalue weighted by atomic mass is 32.2. The molecule has 2 aromatic heterocycles. The lowest BCUT2D eigenvalue weighted by atomic mass is 9.91. The molecule has 0 bridgehead atoms. The van der Waals surface area contributed by atoms with Crippen LogP contribution in [0.4, 0.5) is 0 Å². The van der Waals surface area contributed by atoms with Crippen LogP contribution in [0.1, 0.15) is 53.3 Å². The van der Waals surface area contributed by atoms with Gasteiger partial charge in [0.2, 0.25) is 0 Å². The Morgan fingerprint density at radius 2 is 1.93 bits per heavy atom. The third-order valence-electron chi connectivity index (χ3n) is 5.15. The van der Waals surface area contributed by atoms with Crippen molar-refractivity contribution in [3.8, 4) is 0 Å². The van der Waals surface area contributed by atoms with E-state index in [1.807, 2.05) is 4.57 Å². The third-order valence-corrected chi connectivity index (χ3v) is 7.27. The van der Waals surface area contributed by atoms with E-state index in [4.69, 9.17) is 9.72 Å². The molecule has 0 spiro atoms. The number of ether oxygens (including phenoxy) is 1. The van der Waals surface area contributed by atoms with E-state index in [1.165, 1.54) is 6.20 Å². The van der Waals surface area contributed by atoms with Gasteiger partial charge in [0.15, 0.2) is 15.5 Å². The Balaban J connectivity index is 2.10. The molecule has 7 nitrogen and oxygen atoms in total. The van der Waals surface area contributed by atoms with Gasteiger partial charge in [-0.05, 0) is 25.3 Å². The standard InChI is InChI=1S/C20H31N3O4S/c1-14(2)28(25,26)15-10-16-18(21-12-15)23(17(22-16)11-19(3,4)5)13-20(24)6-8-27-9-7-20/h10,12,14,24H,6-9,11,13H2,1-5H3. The van der Waals surface area contributed by atoms with Gasteiger partial charge in [-0.1, -0.05) is 20.8 Å². The first kappa shape index (κ1) is 21.2. The molecule has 3 heterocycles. The molecule has 156 valence electrons. The maximum absolute atomic E-state index is 12.5. The predicted octanol–water partition coefficient (Wildman–Crippen LogP) is 2.74. The van der Waals surface area contributed by atoms with Crippen molar-refractivity contribution in [3.63, 3.8) is 0 Å². The third kappa shape index (κ3) is 4.39. The highest BCUT2D eigenvalue weighted by Gasteiger charge is 2.33. The Morgan fingerprint density at radius 3 is 2.50 bits per heavy atom. The minimum Gasteiger partial charge on any atom is -0.388 e. The molecular formula is C20H31N3O4S. The summed E-state index contributed by atoms with van der Waals surface area (Å²) in [7, 11) is -3.42. The van der Waals surface area contributed by atoms with Gasteiger partial charge >= 0.3 is 0 Å². The average molecular weight is 410 g/mol. The summed E-state index contributed by atoms with van der Waals surface area (Å²) in [6.45, 7) is 11.1. The van der Waals surface area contributed by atoms with Gasteiger partial charge in [-0.15, -0.1) is 0 Å². The van der Waals surface area contributed by atoms with E-state index in [9.17, 15) is 13.5 Å². The molecule has 28 heavy (non-hydrogen) atoms. The number of imidazole rings is 1. The van der Waals surface area contributed by atoms with Gasteiger partial charge in [0, 0.05) is 38.7 Å². The van der Waals surface area contributed by atoms with Gasteiger partial charge in [-0.3, -0.25) is 0 Å². The van der Waals surface area contributed by atoms with Crippen LogP contribution >= 0.6 is 0 Å². The molecule has 0 aromatic carbocycles. The molecule has 8 heteroatoms. The monoisotopic (exact) mass is 409 g/mol. The number of pyridine rings is 1. The number of hydrogen-bond donors (Lipinski definition) is 1. The zero-order valence-corrected chi connectivity index (χ0v) is 18.2. The summed E-state index contributed by atoms with van der Waals surface area (Å²) in [5.41, 5.74) is 0.283. The van der Waals surface area contributed by atoms with Crippen LogP contribution < -0.4 is 0 Å². The Bertz CT molecular complexity index is 952. The molecule has 1 N–H and O–H groups in total.